The van der Waals surface area contributed by atoms with Crippen molar-refractivity contribution >= 4 is 41.4 Å². The van der Waals surface area contributed by atoms with Gasteiger partial charge in [-0.15, -0.1) is 0 Å². The predicted octanol–water partition coefficient (Wildman–Crippen LogP) is -2.49. The zero-order valence-electron chi connectivity index (χ0n) is 55.2. The molecule has 3 saturated heterocycles. The Morgan fingerprint density at radius 1 is 0.464 bits per heavy atom. The molecule has 36 heteroatoms. The molecule has 1 aromatic carbocycles. The van der Waals surface area contributed by atoms with Crippen LogP contribution >= 0.6 is 0 Å². The fraction of sp³-hybridized carbons (Fsp3) is 0.787. The first-order valence-corrected chi connectivity index (χ1v) is 32.5. The van der Waals surface area contributed by atoms with Crippen LogP contribution in [0.3, 0.4) is 0 Å². The normalized spacial score (nSPS) is 26.6. The second-order valence-electron chi connectivity index (χ2n) is 24.1. The number of hydrogen-bond donors (Lipinski definition) is 17. The molecular weight excluding hydrogens is 1920 g/mol. The van der Waals surface area contributed by atoms with Gasteiger partial charge in [0.25, 0.3) is 0 Å². The zero-order valence-corrected chi connectivity index (χ0v) is 69.4. The molecule has 3 aliphatic rings. The van der Waals surface area contributed by atoms with Crippen LogP contribution in [-0.4, -0.2) is 262 Å². The number of ether oxygens (including phenoxy) is 6. The second-order valence-corrected chi connectivity index (χ2v) is 24.1. The Kier molecular flexibility index (Phi) is 50.3. The average molecular weight is 2030 g/mol. The van der Waals surface area contributed by atoms with Crippen LogP contribution in [0.5, 0.6) is 5.75 Å². The molecule has 0 bridgehead atoms. The Morgan fingerprint density at radius 2 is 0.773 bits per heavy atom. The molecule has 3 aliphatic heterocycles. The number of aliphatic hydroxyl groups excluding tert-OH is 9. The number of phenolic OH excluding ortho intramolecular Hbond substituents is 1. The molecular formula is C61H103Ac3N10O23-3. The van der Waals surface area contributed by atoms with E-state index in [2.05, 4.69) is 31.9 Å². The molecule has 3 radical (unpaired) electrons. The van der Waals surface area contributed by atoms with E-state index in [4.69, 9.17) is 51.4 Å². The molecule has 19 unspecified atom stereocenters. The van der Waals surface area contributed by atoms with Crippen molar-refractivity contribution in [2.24, 2.45) is 11.7 Å². The van der Waals surface area contributed by atoms with Crippen molar-refractivity contribution in [3.63, 3.8) is 0 Å². The number of rotatable bonds is 45. The minimum absolute atomic E-state index is 0. The molecule has 0 aliphatic carbocycles. The van der Waals surface area contributed by atoms with Crippen LogP contribution in [-0.2, 0) is 68.4 Å². The minimum atomic E-state index is -1.49. The number of amides is 7. The number of aliphatic hydroxyl groups is 9. The van der Waals surface area contributed by atoms with Gasteiger partial charge in [-0.25, -0.2) is 0 Å². The fourth-order valence-electron chi connectivity index (χ4n) is 10.6. The van der Waals surface area contributed by atoms with Gasteiger partial charge >= 0.3 is 0 Å². The summed E-state index contributed by atoms with van der Waals surface area (Å²) in [6.45, 7) is 0.819. The maximum absolute atomic E-state index is 13.9. The van der Waals surface area contributed by atoms with Gasteiger partial charge < -0.3 is 134 Å². The van der Waals surface area contributed by atoms with E-state index in [1.54, 1.807) is 19.1 Å². The van der Waals surface area contributed by atoms with Crippen molar-refractivity contribution in [2.45, 2.75) is 239 Å². The van der Waals surface area contributed by atoms with Crippen LogP contribution in [0.2, 0.25) is 0 Å². The molecule has 97 heavy (non-hydrogen) atoms. The third-order valence-corrected chi connectivity index (χ3v) is 16.5. The Bertz CT molecular complexity index is 2430. The summed E-state index contributed by atoms with van der Waals surface area (Å²) < 4.78 is 33.1. The molecule has 19 atom stereocenters. The minimum Gasteiger partial charge on any atom is -0.668 e. The molecule has 4 rings (SSSR count). The van der Waals surface area contributed by atoms with E-state index in [0.717, 1.165) is 5.56 Å². The monoisotopic (exact) mass is 2020 g/mol. The number of benzene rings is 1. The molecule has 3 fully saturated rings. The van der Waals surface area contributed by atoms with Crippen LogP contribution in [0.1, 0.15) is 128 Å². The Morgan fingerprint density at radius 3 is 1.09 bits per heavy atom. The number of carbonyl (C=O) groups is 7. The van der Waals surface area contributed by atoms with E-state index in [1.807, 2.05) is 0 Å². The van der Waals surface area contributed by atoms with Crippen molar-refractivity contribution in [3.8, 4) is 5.75 Å². The van der Waals surface area contributed by atoms with E-state index in [-0.39, 0.29) is 216 Å². The van der Waals surface area contributed by atoms with E-state index in [9.17, 15) is 84.6 Å². The number of nitrogens with two attached hydrogens (primary N) is 1. The van der Waals surface area contributed by atoms with Gasteiger partial charge in [-0.1, -0.05) is 75.7 Å². The Hall–Kier alpha value is -1.09. The van der Waals surface area contributed by atoms with Gasteiger partial charge in [0.15, 0.2) is 0 Å². The number of unbranched alkanes of at least 4 members (excludes halogenated alkanes) is 9. The molecule has 0 spiro atoms. The second kappa shape index (κ2) is 52.0. The topological polar surface area (TPSA) is 547 Å². The van der Waals surface area contributed by atoms with Gasteiger partial charge in [0.1, 0.15) is 79.4 Å². The zero-order chi connectivity index (χ0) is 69.3. The van der Waals surface area contributed by atoms with Crippen molar-refractivity contribution < 1.29 is 245 Å². The van der Waals surface area contributed by atoms with Crippen LogP contribution in [0.15, 0.2) is 24.3 Å². The van der Waals surface area contributed by atoms with Crippen LogP contribution in [0.4, 0.5) is 0 Å². The summed E-state index contributed by atoms with van der Waals surface area (Å²) in [7, 11) is 0. The van der Waals surface area contributed by atoms with Crippen LogP contribution in [0.25, 0.3) is 17.2 Å². The van der Waals surface area contributed by atoms with Crippen molar-refractivity contribution in [3.05, 3.63) is 47.0 Å². The average Bonchev–Trinajstić information content (AvgIpc) is 0.842. The summed E-state index contributed by atoms with van der Waals surface area (Å²) >= 11 is 0. The van der Waals surface area contributed by atoms with Gasteiger partial charge in [0.05, 0.1) is 38.1 Å². The predicted molar refractivity (Wildman–Crippen MR) is 334 cm³/mol. The van der Waals surface area contributed by atoms with E-state index in [0.29, 0.717) is 77.0 Å². The molecule has 1 aromatic rings. The van der Waals surface area contributed by atoms with E-state index in [1.165, 1.54) is 12.1 Å². The third-order valence-electron chi connectivity index (χ3n) is 16.5. The van der Waals surface area contributed by atoms with Crippen molar-refractivity contribution in [2.75, 3.05) is 59.3 Å². The SMILES string of the molecule is CC(Cc1ccc(O)cc1)C(=O)NC(CCC(=O)NC(CCC(=O)NC(CCC(N)=O)C(=O)NCCCCCCOC1OC(CO)C(O)C(O)C1[NH-])C(=O)NCCCCCCOC1OC(CO)C(O)C(O)C1[NH-])C(=O)NCCCCCCOC1OC(CO)C(O)C(O)C1[NH-].[Ac].[Ac].[Ac]. The van der Waals surface area contributed by atoms with E-state index < -0.39 is 184 Å². The Balaban J connectivity index is 0.0000157. The quantitative estimate of drug-likeness (QED) is 0.0300. The van der Waals surface area contributed by atoms with Gasteiger partial charge in [-0.2, -0.15) is 0 Å². The summed E-state index contributed by atoms with van der Waals surface area (Å²) in [6, 6.07) is -1.42. The van der Waals surface area contributed by atoms with Crippen molar-refractivity contribution in [1.82, 2.24) is 31.9 Å². The summed E-state index contributed by atoms with van der Waals surface area (Å²) in [4.78, 5) is 94.1. The molecule has 21 N–H and O–H groups in total. The first-order chi connectivity index (χ1) is 44.9. The first-order valence-electron chi connectivity index (χ1n) is 32.5. The van der Waals surface area contributed by atoms with Gasteiger partial charge in [-0.05, 0) is 81.9 Å². The maximum atomic E-state index is 13.9. The molecule has 0 aromatic heterocycles. The van der Waals surface area contributed by atoms with Gasteiger partial charge in [0, 0.05) is 197 Å². The number of primary amides is 1. The maximum Gasteiger partial charge on any atom is 0.242 e. The standard InChI is InChI=1S/C61H103N10O23.3Ac/c1-34(30-35-14-16-36(75)17-15-35)55(85)71-39(58(88)68-26-10-4-7-13-29-91-61-48(65)54(84)51(81)42(33-74)94-61)20-23-45(78)70-38(57(87)67-25-9-3-6-12-28-90-60-47(64)53(83)50(80)41(32-73)93-60)19-22-44(77)69-37(18-21-43(62)76)56(86)66-24-8-2-5-11-27-89-59-46(63)52(82)49(79)40(31-72)92-59;;;/h14-17,34,37-42,46-54,59-61,63-65,72-75,79-84H,2-13,18-33H2,1H3,(H2,62,76)(H,66,86)(H,67,87)(H,68,88)(H,69,77)(H,70,78)(H,71,85);;;/q-3;;;. The number of carbonyl (C=O) groups excluding carboxylic acids is 7. The number of hydrogen-bond acceptors (Lipinski definition) is 23. The molecule has 7 amide bonds. The number of nitrogens with one attached hydrogen (secondary N) is 9. The first kappa shape index (κ1) is 93.9. The number of aromatic hydroxyl groups is 1. The molecule has 3 heterocycles. The largest absolute Gasteiger partial charge is 0.668 e. The van der Waals surface area contributed by atoms with Crippen molar-refractivity contribution in [1.29, 1.82) is 0 Å². The number of phenols is 1. The smallest absolute Gasteiger partial charge is 0.242 e. The Labute approximate surface area is 673 Å². The van der Waals surface area contributed by atoms with E-state index >= 15 is 0 Å². The summed E-state index contributed by atoms with van der Waals surface area (Å²) in [5.41, 5.74) is 30.4. The summed E-state index contributed by atoms with van der Waals surface area (Å²) in [5, 5.41) is 115. The van der Waals surface area contributed by atoms with Gasteiger partial charge in [0.2, 0.25) is 41.4 Å². The molecule has 547 valence electrons. The van der Waals surface area contributed by atoms with Crippen LogP contribution < -0.4 is 37.6 Å². The summed E-state index contributed by atoms with van der Waals surface area (Å²) in [6.07, 6.45) is -10.5. The fourth-order valence-corrected chi connectivity index (χ4v) is 10.6. The molecule has 33 nitrogen and oxygen atoms in total. The summed E-state index contributed by atoms with van der Waals surface area (Å²) in [5.74, 6) is -5.17. The van der Waals surface area contributed by atoms with Gasteiger partial charge in [-0.3, -0.25) is 33.6 Å². The third kappa shape index (κ3) is 34.1. The molecule has 0 saturated carbocycles. The van der Waals surface area contributed by atoms with Crippen LogP contribution in [0, 0.1) is 138 Å².